The van der Waals surface area contributed by atoms with Crippen molar-refractivity contribution in [1.82, 2.24) is 5.48 Å². The molecule has 5 atom stereocenters. The van der Waals surface area contributed by atoms with Crippen molar-refractivity contribution in [2.24, 2.45) is 23.7 Å². The fourth-order valence-electron chi connectivity index (χ4n) is 4.00. The average Bonchev–Trinajstić information content (AvgIpc) is 2.69. The summed E-state index contributed by atoms with van der Waals surface area (Å²) in [5, 5.41) is 10.0. The first-order valence-electron chi connectivity index (χ1n) is 6.68. The van der Waals surface area contributed by atoms with Crippen molar-refractivity contribution in [3.8, 4) is 0 Å². The Morgan fingerprint density at radius 1 is 1.25 bits per heavy atom. The largest absolute Gasteiger partial charge is 0.393 e. The SMILES string of the molecule is CONCCC1CCC2C1C(C)CC[C@H]2O. The van der Waals surface area contributed by atoms with Gasteiger partial charge in [-0.25, -0.2) is 5.48 Å². The summed E-state index contributed by atoms with van der Waals surface area (Å²) in [5.41, 5.74) is 2.93. The molecule has 2 saturated carbocycles. The Morgan fingerprint density at radius 3 is 2.81 bits per heavy atom. The molecule has 0 spiro atoms. The molecular weight excluding hydrogens is 202 g/mol. The molecular formula is C13H25NO2. The Labute approximate surface area is 98.5 Å². The van der Waals surface area contributed by atoms with Crippen LogP contribution in [-0.4, -0.2) is 24.9 Å². The molecule has 4 unspecified atom stereocenters. The monoisotopic (exact) mass is 227 g/mol. The zero-order valence-electron chi connectivity index (χ0n) is 10.5. The number of hydroxylamine groups is 1. The molecule has 0 amide bonds. The Balaban J connectivity index is 1.90. The number of aliphatic hydroxyl groups excluding tert-OH is 1. The minimum absolute atomic E-state index is 0.0263. The topological polar surface area (TPSA) is 41.5 Å². The summed E-state index contributed by atoms with van der Waals surface area (Å²) in [6, 6.07) is 0. The van der Waals surface area contributed by atoms with Crippen LogP contribution in [0.25, 0.3) is 0 Å². The van der Waals surface area contributed by atoms with Gasteiger partial charge in [0.25, 0.3) is 0 Å². The first-order valence-corrected chi connectivity index (χ1v) is 6.68. The van der Waals surface area contributed by atoms with Gasteiger partial charge in [-0.2, -0.15) is 0 Å². The lowest BCUT2D eigenvalue weighted by molar-refractivity contribution is 0.00705. The maximum absolute atomic E-state index is 10.0. The molecule has 0 aliphatic heterocycles. The summed E-state index contributed by atoms with van der Waals surface area (Å²) in [4.78, 5) is 4.89. The summed E-state index contributed by atoms with van der Waals surface area (Å²) in [6.07, 6.45) is 5.91. The predicted octanol–water partition coefficient (Wildman–Crippen LogP) is 1.96. The number of hydrogen-bond donors (Lipinski definition) is 2. The van der Waals surface area contributed by atoms with E-state index in [1.165, 1.54) is 25.7 Å². The summed E-state index contributed by atoms with van der Waals surface area (Å²) in [7, 11) is 1.67. The van der Waals surface area contributed by atoms with Crippen LogP contribution in [0.15, 0.2) is 0 Å². The van der Waals surface area contributed by atoms with E-state index < -0.39 is 0 Å². The smallest absolute Gasteiger partial charge is 0.0572 e. The van der Waals surface area contributed by atoms with Gasteiger partial charge in [-0.05, 0) is 55.8 Å². The number of hydrogen-bond acceptors (Lipinski definition) is 3. The average molecular weight is 227 g/mol. The van der Waals surface area contributed by atoms with Gasteiger partial charge in [0.15, 0.2) is 0 Å². The van der Waals surface area contributed by atoms with Gasteiger partial charge in [-0.1, -0.05) is 6.92 Å². The van der Waals surface area contributed by atoms with Crippen LogP contribution in [0.5, 0.6) is 0 Å². The molecule has 0 heterocycles. The van der Waals surface area contributed by atoms with Crippen molar-refractivity contribution in [2.75, 3.05) is 13.7 Å². The normalized spacial score (nSPS) is 43.3. The molecule has 2 N–H and O–H groups in total. The molecule has 3 heteroatoms. The Morgan fingerprint density at radius 2 is 2.06 bits per heavy atom. The molecule has 0 bridgehead atoms. The van der Waals surface area contributed by atoms with Crippen molar-refractivity contribution < 1.29 is 9.94 Å². The fourth-order valence-corrected chi connectivity index (χ4v) is 4.00. The second-order valence-corrected chi connectivity index (χ2v) is 5.59. The van der Waals surface area contributed by atoms with Crippen molar-refractivity contribution in [1.29, 1.82) is 0 Å². The Bertz CT molecular complexity index is 222. The van der Waals surface area contributed by atoms with E-state index in [1.54, 1.807) is 7.11 Å². The number of aliphatic hydroxyl groups is 1. The molecule has 0 radical (unpaired) electrons. The van der Waals surface area contributed by atoms with Crippen LogP contribution in [0.2, 0.25) is 0 Å². The van der Waals surface area contributed by atoms with Crippen LogP contribution in [-0.2, 0) is 4.84 Å². The van der Waals surface area contributed by atoms with Crippen molar-refractivity contribution >= 4 is 0 Å². The van der Waals surface area contributed by atoms with Gasteiger partial charge >= 0.3 is 0 Å². The molecule has 0 aromatic heterocycles. The maximum Gasteiger partial charge on any atom is 0.0572 e. The minimum Gasteiger partial charge on any atom is -0.393 e. The van der Waals surface area contributed by atoms with Crippen LogP contribution < -0.4 is 5.48 Å². The zero-order chi connectivity index (χ0) is 11.5. The first-order chi connectivity index (χ1) is 7.74. The maximum atomic E-state index is 10.0. The number of rotatable bonds is 4. The molecule has 3 nitrogen and oxygen atoms in total. The van der Waals surface area contributed by atoms with Gasteiger partial charge in [0.2, 0.25) is 0 Å². The highest BCUT2D eigenvalue weighted by Gasteiger charge is 2.44. The van der Waals surface area contributed by atoms with Crippen molar-refractivity contribution in [3.05, 3.63) is 0 Å². The van der Waals surface area contributed by atoms with Crippen molar-refractivity contribution in [3.63, 3.8) is 0 Å². The van der Waals surface area contributed by atoms with E-state index >= 15 is 0 Å². The van der Waals surface area contributed by atoms with E-state index in [1.807, 2.05) is 0 Å². The molecule has 2 aliphatic carbocycles. The number of nitrogens with one attached hydrogen (secondary N) is 1. The lowest BCUT2D eigenvalue weighted by atomic mass is 9.69. The lowest BCUT2D eigenvalue weighted by Gasteiger charge is -2.38. The van der Waals surface area contributed by atoms with Gasteiger partial charge in [-0.3, -0.25) is 0 Å². The molecule has 2 rings (SSSR count). The highest BCUT2D eigenvalue weighted by Crippen LogP contribution is 2.49. The van der Waals surface area contributed by atoms with E-state index in [0.717, 1.165) is 30.7 Å². The number of fused-ring (bicyclic) bond motifs is 1. The molecule has 0 aromatic rings. The second kappa shape index (κ2) is 5.48. The first kappa shape index (κ1) is 12.3. The molecule has 16 heavy (non-hydrogen) atoms. The van der Waals surface area contributed by atoms with Crippen LogP contribution in [0.4, 0.5) is 0 Å². The Hall–Kier alpha value is -0.120. The standard InChI is InChI=1S/C13H25NO2/c1-9-3-6-12(15)11-5-4-10(13(9)11)7-8-14-16-2/h9-15H,3-8H2,1-2H3/t9?,10?,11?,12-,13?/m1/s1. The van der Waals surface area contributed by atoms with Crippen LogP contribution in [0.1, 0.15) is 39.0 Å². The second-order valence-electron chi connectivity index (χ2n) is 5.59. The summed E-state index contributed by atoms with van der Waals surface area (Å²) in [5.74, 6) is 2.92. The third-order valence-electron chi connectivity index (χ3n) is 4.74. The van der Waals surface area contributed by atoms with Gasteiger partial charge in [0.1, 0.15) is 0 Å². The Kier molecular flexibility index (Phi) is 4.22. The minimum atomic E-state index is -0.0263. The molecule has 2 fully saturated rings. The van der Waals surface area contributed by atoms with Gasteiger partial charge in [0, 0.05) is 6.54 Å². The van der Waals surface area contributed by atoms with E-state index in [4.69, 9.17) is 4.84 Å². The molecule has 0 aromatic carbocycles. The van der Waals surface area contributed by atoms with E-state index in [-0.39, 0.29) is 6.10 Å². The van der Waals surface area contributed by atoms with E-state index in [0.29, 0.717) is 5.92 Å². The van der Waals surface area contributed by atoms with Crippen LogP contribution >= 0.6 is 0 Å². The molecule has 2 aliphatic rings. The van der Waals surface area contributed by atoms with Crippen LogP contribution in [0.3, 0.4) is 0 Å². The molecule has 94 valence electrons. The quantitative estimate of drug-likeness (QED) is 0.570. The van der Waals surface area contributed by atoms with Crippen molar-refractivity contribution in [2.45, 2.75) is 45.1 Å². The lowest BCUT2D eigenvalue weighted by Crippen LogP contribution is -2.36. The van der Waals surface area contributed by atoms with Gasteiger partial charge < -0.3 is 9.94 Å². The highest BCUT2D eigenvalue weighted by molar-refractivity contribution is 4.94. The summed E-state index contributed by atoms with van der Waals surface area (Å²) in [6.45, 7) is 3.30. The van der Waals surface area contributed by atoms with Gasteiger partial charge in [-0.15, -0.1) is 0 Å². The fraction of sp³-hybridized carbons (Fsp3) is 1.00. The van der Waals surface area contributed by atoms with Gasteiger partial charge in [0.05, 0.1) is 13.2 Å². The van der Waals surface area contributed by atoms with E-state index in [2.05, 4.69) is 12.4 Å². The predicted molar refractivity (Wildman–Crippen MR) is 63.7 cm³/mol. The van der Waals surface area contributed by atoms with Crippen LogP contribution in [0, 0.1) is 23.7 Å². The zero-order valence-corrected chi connectivity index (χ0v) is 10.5. The third kappa shape index (κ3) is 2.41. The summed E-state index contributed by atoms with van der Waals surface area (Å²) >= 11 is 0. The third-order valence-corrected chi connectivity index (χ3v) is 4.74. The summed E-state index contributed by atoms with van der Waals surface area (Å²) < 4.78 is 0. The highest BCUT2D eigenvalue weighted by atomic mass is 16.6. The molecule has 0 saturated heterocycles. The van der Waals surface area contributed by atoms with E-state index in [9.17, 15) is 5.11 Å².